The summed E-state index contributed by atoms with van der Waals surface area (Å²) >= 11 is 0. The van der Waals surface area contributed by atoms with Crippen molar-refractivity contribution in [2.45, 2.75) is 19.0 Å². The summed E-state index contributed by atoms with van der Waals surface area (Å²) < 4.78 is 40.9. The molecule has 1 amide bonds. The summed E-state index contributed by atoms with van der Waals surface area (Å²) in [7, 11) is 0. The van der Waals surface area contributed by atoms with Crippen LogP contribution in [0.1, 0.15) is 12.8 Å². The molecule has 8 heteroatoms. The third-order valence-corrected chi connectivity index (χ3v) is 2.77. The molecule has 4 nitrogen and oxygen atoms in total. The molecule has 102 valence electrons. The second kappa shape index (κ2) is 6.42. The van der Waals surface area contributed by atoms with Crippen LogP contribution in [0.15, 0.2) is 0 Å². The van der Waals surface area contributed by atoms with Gasteiger partial charge in [-0.15, -0.1) is 12.4 Å². The largest absolute Gasteiger partial charge is 0.405 e. The van der Waals surface area contributed by atoms with E-state index in [-0.39, 0.29) is 19.0 Å². The normalized spacial score (nSPS) is 19.3. The van der Waals surface area contributed by atoms with Gasteiger partial charge in [-0.05, 0) is 12.8 Å². The smallest absolute Gasteiger partial charge is 0.381 e. The standard InChI is InChI=1S/C9H15F3N2O2.ClH/c10-9(11,12)6-14-7(15)8(5-13)1-3-16-4-2-8;/h1-6,13H2,(H,14,15);1H. The number of rotatable bonds is 3. The fraction of sp³-hybridized carbons (Fsp3) is 0.889. The second-order valence-corrected chi connectivity index (χ2v) is 3.89. The van der Waals surface area contributed by atoms with Crippen molar-refractivity contribution in [2.75, 3.05) is 26.3 Å². The van der Waals surface area contributed by atoms with E-state index in [1.54, 1.807) is 0 Å². The van der Waals surface area contributed by atoms with Crippen LogP contribution in [-0.2, 0) is 9.53 Å². The van der Waals surface area contributed by atoms with E-state index in [9.17, 15) is 18.0 Å². The average molecular weight is 277 g/mol. The molecule has 1 aliphatic rings. The van der Waals surface area contributed by atoms with Gasteiger partial charge in [0.15, 0.2) is 0 Å². The summed E-state index contributed by atoms with van der Waals surface area (Å²) in [4.78, 5) is 11.7. The maximum Gasteiger partial charge on any atom is 0.405 e. The third-order valence-electron chi connectivity index (χ3n) is 2.77. The summed E-state index contributed by atoms with van der Waals surface area (Å²) in [5.41, 5.74) is 4.58. The molecule has 1 aliphatic heterocycles. The lowest BCUT2D eigenvalue weighted by atomic mass is 9.79. The van der Waals surface area contributed by atoms with E-state index in [1.165, 1.54) is 0 Å². The van der Waals surface area contributed by atoms with Crippen LogP contribution in [0.3, 0.4) is 0 Å². The maximum absolute atomic E-state index is 11.9. The Kier molecular flexibility index (Phi) is 6.22. The number of hydrogen-bond donors (Lipinski definition) is 2. The topological polar surface area (TPSA) is 64.4 Å². The van der Waals surface area contributed by atoms with Gasteiger partial charge in [-0.2, -0.15) is 13.2 Å². The van der Waals surface area contributed by atoms with E-state index >= 15 is 0 Å². The van der Waals surface area contributed by atoms with Crippen LogP contribution < -0.4 is 11.1 Å². The molecule has 0 unspecified atom stereocenters. The van der Waals surface area contributed by atoms with Gasteiger partial charge in [0.1, 0.15) is 6.54 Å². The highest BCUT2D eigenvalue weighted by molar-refractivity contribution is 5.85. The third kappa shape index (κ3) is 4.69. The Morgan fingerprint density at radius 3 is 2.29 bits per heavy atom. The van der Waals surface area contributed by atoms with Crippen LogP contribution in [0, 0.1) is 5.41 Å². The predicted octanol–water partition coefficient (Wildman–Crippen LogP) is 0.842. The molecule has 0 saturated carbocycles. The summed E-state index contributed by atoms with van der Waals surface area (Å²) in [6.45, 7) is -0.554. The zero-order valence-electron chi connectivity index (χ0n) is 9.18. The summed E-state index contributed by atoms with van der Waals surface area (Å²) in [6, 6.07) is 0. The molecule has 1 heterocycles. The van der Waals surface area contributed by atoms with Crippen molar-refractivity contribution in [1.82, 2.24) is 5.32 Å². The minimum absolute atomic E-state index is 0. The Balaban J connectivity index is 0.00000256. The van der Waals surface area contributed by atoms with Crippen molar-refractivity contribution in [3.63, 3.8) is 0 Å². The SMILES string of the molecule is Cl.NCC1(C(=O)NCC(F)(F)F)CCOCC1. The van der Waals surface area contributed by atoms with Gasteiger partial charge < -0.3 is 15.8 Å². The number of alkyl halides is 3. The molecule has 0 radical (unpaired) electrons. The molecule has 1 fully saturated rings. The Morgan fingerprint density at radius 1 is 1.35 bits per heavy atom. The Hall–Kier alpha value is -0.530. The highest BCUT2D eigenvalue weighted by Gasteiger charge is 2.40. The van der Waals surface area contributed by atoms with Gasteiger partial charge in [-0.25, -0.2) is 0 Å². The van der Waals surface area contributed by atoms with Crippen LogP contribution in [0.5, 0.6) is 0 Å². The quantitative estimate of drug-likeness (QED) is 0.803. The molecule has 3 N–H and O–H groups in total. The van der Waals surface area contributed by atoms with Crippen LogP contribution in [-0.4, -0.2) is 38.4 Å². The van der Waals surface area contributed by atoms with E-state index in [4.69, 9.17) is 10.5 Å². The van der Waals surface area contributed by atoms with Gasteiger partial charge in [-0.3, -0.25) is 4.79 Å². The molecule has 0 spiro atoms. The van der Waals surface area contributed by atoms with Crippen molar-refractivity contribution < 1.29 is 22.7 Å². The van der Waals surface area contributed by atoms with Gasteiger partial charge in [0.05, 0.1) is 5.41 Å². The zero-order chi connectivity index (χ0) is 12.2. The van der Waals surface area contributed by atoms with Crippen molar-refractivity contribution in [3.05, 3.63) is 0 Å². The monoisotopic (exact) mass is 276 g/mol. The molecule has 0 aromatic carbocycles. The lowest BCUT2D eigenvalue weighted by Gasteiger charge is -2.34. The lowest BCUT2D eigenvalue weighted by molar-refractivity contribution is -0.148. The summed E-state index contributed by atoms with van der Waals surface area (Å²) in [5, 5.41) is 1.88. The number of amides is 1. The van der Waals surface area contributed by atoms with Gasteiger partial charge >= 0.3 is 6.18 Å². The van der Waals surface area contributed by atoms with Gasteiger partial charge in [0, 0.05) is 19.8 Å². The molecular weight excluding hydrogens is 261 g/mol. The average Bonchev–Trinajstić information content (AvgIpc) is 2.25. The van der Waals surface area contributed by atoms with Gasteiger partial charge in [-0.1, -0.05) is 0 Å². The zero-order valence-corrected chi connectivity index (χ0v) is 10.00. The van der Waals surface area contributed by atoms with Crippen LogP contribution >= 0.6 is 12.4 Å². The fourth-order valence-electron chi connectivity index (χ4n) is 1.65. The second-order valence-electron chi connectivity index (χ2n) is 3.89. The molecule has 0 atom stereocenters. The van der Waals surface area contributed by atoms with E-state index < -0.39 is 24.0 Å². The minimum Gasteiger partial charge on any atom is -0.381 e. The van der Waals surface area contributed by atoms with Crippen molar-refractivity contribution in [2.24, 2.45) is 11.1 Å². The number of ether oxygens (including phenoxy) is 1. The molecule has 0 aromatic heterocycles. The molecule has 17 heavy (non-hydrogen) atoms. The van der Waals surface area contributed by atoms with Crippen molar-refractivity contribution in [3.8, 4) is 0 Å². The first-order valence-corrected chi connectivity index (χ1v) is 5.02. The molecule has 0 aromatic rings. The highest BCUT2D eigenvalue weighted by atomic mass is 35.5. The maximum atomic E-state index is 11.9. The van der Waals surface area contributed by atoms with Crippen LogP contribution in [0.4, 0.5) is 13.2 Å². The minimum atomic E-state index is -4.39. The lowest BCUT2D eigenvalue weighted by Crippen LogP contribution is -2.50. The van der Waals surface area contributed by atoms with E-state index in [0.717, 1.165) is 0 Å². The summed E-state index contributed by atoms with van der Waals surface area (Å²) in [5.74, 6) is -0.629. The molecule has 0 bridgehead atoms. The first kappa shape index (κ1) is 16.5. The van der Waals surface area contributed by atoms with E-state index in [2.05, 4.69) is 0 Å². The Labute approximate surface area is 103 Å². The van der Waals surface area contributed by atoms with Gasteiger partial charge in [0.25, 0.3) is 0 Å². The summed E-state index contributed by atoms with van der Waals surface area (Å²) in [6.07, 6.45) is -3.66. The Morgan fingerprint density at radius 2 is 1.88 bits per heavy atom. The number of carbonyl (C=O) groups is 1. The number of nitrogens with two attached hydrogens (primary N) is 1. The molecule has 0 aliphatic carbocycles. The number of nitrogens with one attached hydrogen (secondary N) is 1. The van der Waals surface area contributed by atoms with Crippen molar-refractivity contribution >= 4 is 18.3 Å². The van der Waals surface area contributed by atoms with Gasteiger partial charge in [0.2, 0.25) is 5.91 Å². The number of carbonyl (C=O) groups excluding carboxylic acids is 1. The fourth-order valence-corrected chi connectivity index (χ4v) is 1.65. The first-order valence-electron chi connectivity index (χ1n) is 5.02. The highest BCUT2D eigenvalue weighted by Crippen LogP contribution is 2.29. The number of hydrogen-bond acceptors (Lipinski definition) is 3. The van der Waals surface area contributed by atoms with Crippen molar-refractivity contribution in [1.29, 1.82) is 0 Å². The Bertz CT molecular complexity index is 255. The molecular formula is C9H16ClF3N2O2. The van der Waals surface area contributed by atoms with Crippen LogP contribution in [0.25, 0.3) is 0 Å². The van der Waals surface area contributed by atoms with E-state index in [0.29, 0.717) is 26.1 Å². The van der Waals surface area contributed by atoms with E-state index in [1.807, 2.05) is 5.32 Å². The first-order chi connectivity index (χ1) is 7.40. The van der Waals surface area contributed by atoms with Crippen LogP contribution in [0.2, 0.25) is 0 Å². The predicted molar refractivity (Wildman–Crippen MR) is 57.9 cm³/mol. The molecule has 1 rings (SSSR count). The number of halogens is 4. The molecule has 1 saturated heterocycles.